The van der Waals surface area contributed by atoms with Gasteiger partial charge in [0.05, 0.1) is 12.2 Å². The zero-order valence-electron chi connectivity index (χ0n) is 12.8. The number of hydrogen-bond acceptors (Lipinski definition) is 2. The number of nitrogens with one attached hydrogen (secondary N) is 1. The molecule has 1 saturated carbocycles. The van der Waals surface area contributed by atoms with E-state index in [1.165, 1.54) is 38.5 Å². The minimum atomic E-state index is 0.0382. The Kier molecular flexibility index (Phi) is 5.26. The van der Waals surface area contributed by atoms with E-state index in [4.69, 9.17) is 0 Å². The van der Waals surface area contributed by atoms with Gasteiger partial charge in [0.1, 0.15) is 0 Å². The molecule has 0 bridgehead atoms. The van der Waals surface area contributed by atoms with Crippen LogP contribution in [0.25, 0.3) is 0 Å². The van der Waals surface area contributed by atoms with E-state index in [0.29, 0.717) is 11.8 Å². The number of carbonyl (C=O) groups excluding carboxylic acids is 1. The first-order valence-electron chi connectivity index (χ1n) is 8.20. The van der Waals surface area contributed by atoms with E-state index in [9.17, 15) is 4.79 Å². The fraction of sp³-hybridized carbons (Fsp3) is 0.938. The second-order valence-corrected chi connectivity index (χ2v) is 6.64. The van der Waals surface area contributed by atoms with Crippen LogP contribution in [0.3, 0.4) is 0 Å². The molecule has 1 aliphatic carbocycles. The van der Waals surface area contributed by atoms with Crippen molar-refractivity contribution < 1.29 is 4.79 Å². The van der Waals surface area contributed by atoms with Crippen LogP contribution in [0.1, 0.15) is 65.7 Å². The Hall–Kier alpha value is -0.570. The van der Waals surface area contributed by atoms with E-state index >= 15 is 0 Å². The summed E-state index contributed by atoms with van der Waals surface area (Å²) in [6.07, 6.45) is 9.43. The predicted molar refractivity (Wildman–Crippen MR) is 78.7 cm³/mol. The lowest BCUT2D eigenvalue weighted by Gasteiger charge is -2.27. The average molecular weight is 266 g/mol. The molecule has 0 spiro atoms. The van der Waals surface area contributed by atoms with Crippen molar-refractivity contribution in [2.24, 2.45) is 11.8 Å². The largest absolute Gasteiger partial charge is 0.326 e. The molecule has 110 valence electrons. The number of nitrogens with zero attached hydrogens (tertiary/aromatic N) is 1. The quantitative estimate of drug-likeness (QED) is 0.829. The molecule has 0 aromatic carbocycles. The first-order valence-corrected chi connectivity index (χ1v) is 8.20. The molecule has 2 aliphatic rings. The lowest BCUT2D eigenvalue weighted by atomic mass is 9.87. The van der Waals surface area contributed by atoms with Crippen LogP contribution in [0.2, 0.25) is 0 Å². The van der Waals surface area contributed by atoms with Gasteiger partial charge < -0.3 is 4.90 Å². The van der Waals surface area contributed by atoms with Crippen molar-refractivity contribution in [3.05, 3.63) is 0 Å². The third-order valence-corrected chi connectivity index (χ3v) is 4.85. The fourth-order valence-corrected chi connectivity index (χ4v) is 3.58. The van der Waals surface area contributed by atoms with Crippen molar-refractivity contribution >= 4 is 5.91 Å². The number of hydrogen-bond donors (Lipinski definition) is 1. The van der Waals surface area contributed by atoms with Gasteiger partial charge in [-0.25, -0.2) is 0 Å². The second-order valence-electron chi connectivity index (χ2n) is 6.64. The van der Waals surface area contributed by atoms with Gasteiger partial charge in [-0.05, 0) is 24.7 Å². The summed E-state index contributed by atoms with van der Waals surface area (Å²) in [5, 5.41) is 3.50. The Labute approximate surface area is 118 Å². The smallest absolute Gasteiger partial charge is 0.241 e. The molecule has 1 N–H and O–H groups in total. The lowest BCUT2D eigenvalue weighted by Crippen LogP contribution is -2.38. The Morgan fingerprint density at radius 2 is 1.95 bits per heavy atom. The van der Waals surface area contributed by atoms with Gasteiger partial charge in [0, 0.05) is 6.54 Å². The maximum absolute atomic E-state index is 12.5. The van der Waals surface area contributed by atoms with Gasteiger partial charge in [0.2, 0.25) is 5.91 Å². The highest BCUT2D eigenvalue weighted by Crippen LogP contribution is 2.28. The second kappa shape index (κ2) is 6.74. The first kappa shape index (κ1) is 14.8. The monoisotopic (exact) mass is 266 g/mol. The van der Waals surface area contributed by atoms with Crippen LogP contribution < -0.4 is 5.32 Å². The Balaban J connectivity index is 1.88. The van der Waals surface area contributed by atoms with E-state index in [2.05, 4.69) is 31.0 Å². The predicted octanol–water partition coefficient (Wildman–Crippen LogP) is 3.15. The molecule has 3 nitrogen and oxygen atoms in total. The highest BCUT2D eigenvalue weighted by molar-refractivity contribution is 5.84. The minimum absolute atomic E-state index is 0.0382. The topological polar surface area (TPSA) is 32.3 Å². The van der Waals surface area contributed by atoms with E-state index in [0.717, 1.165) is 18.9 Å². The first-order chi connectivity index (χ1) is 9.13. The van der Waals surface area contributed by atoms with Gasteiger partial charge in [-0.2, -0.15) is 0 Å². The normalized spacial score (nSPS) is 29.5. The third-order valence-electron chi connectivity index (χ3n) is 4.85. The molecule has 1 saturated heterocycles. The minimum Gasteiger partial charge on any atom is -0.326 e. The summed E-state index contributed by atoms with van der Waals surface area (Å²) in [4.78, 5) is 14.6. The summed E-state index contributed by atoms with van der Waals surface area (Å²) in [6.45, 7) is 7.39. The summed E-state index contributed by atoms with van der Waals surface area (Å²) in [6, 6.07) is 0.0382. The molecule has 1 amide bonds. The number of carbonyl (C=O) groups is 1. The number of amides is 1. The Morgan fingerprint density at radius 3 is 2.53 bits per heavy atom. The van der Waals surface area contributed by atoms with E-state index in [-0.39, 0.29) is 12.2 Å². The zero-order chi connectivity index (χ0) is 13.8. The van der Waals surface area contributed by atoms with Crippen molar-refractivity contribution in [3.63, 3.8) is 0 Å². The van der Waals surface area contributed by atoms with Crippen molar-refractivity contribution in [3.8, 4) is 0 Å². The molecule has 2 rings (SSSR count). The summed E-state index contributed by atoms with van der Waals surface area (Å²) >= 11 is 0. The molecule has 0 aromatic heterocycles. The van der Waals surface area contributed by atoms with Gasteiger partial charge in [-0.1, -0.05) is 52.9 Å². The highest BCUT2D eigenvalue weighted by Gasteiger charge is 2.39. The summed E-state index contributed by atoms with van der Waals surface area (Å²) in [5.41, 5.74) is 0. The van der Waals surface area contributed by atoms with Gasteiger partial charge in [-0.3, -0.25) is 10.1 Å². The summed E-state index contributed by atoms with van der Waals surface area (Å²) < 4.78 is 0. The standard InChI is InChI=1S/C16H30N2O/c1-4-14-17-15(12(2)3)16(19)18(14)11-10-13-8-6-5-7-9-13/h12-15,17H,4-11H2,1-3H3. The third kappa shape index (κ3) is 3.50. The van der Waals surface area contributed by atoms with E-state index in [1.807, 2.05) is 0 Å². The van der Waals surface area contributed by atoms with E-state index < -0.39 is 0 Å². The van der Waals surface area contributed by atoms with Crippen LogP contribution in [0.5, 0.6) is 0 Å². The maximum atomic E-state index is 12.5. The fourth-order valence-electron chi connectivity index (χ4n) is 3.58. The zero-order valence-corrected chi connectivity index (χ0v) is 12.8. The van der Waals surface area contributed by atoms with Crippen LogP contribution in [0, 0.1) is 11.8 Å². The molecular weight excluding hydrogens is 236 g/mol. The van der Waals surface area contributed by atoms with Crippen LogP contribution in [0.15, 0.2) is 0 Å². The molecule has 19 heavy (non-hydrogen) atoms. The van der Waals surface area contributed by atoms with Gasteiger partial charge in [0.25, 0.3) is 0 Å². The van der Waals surface area contributed by atoms with Crippen molar-refractivity contribution in [2.75, 3.05) is 6.54 Å². The van der Waals surface area contributed by atoms with Crippen molar-refractivity contribution in [1.82, 2.24) is 10.2 Å². The maximum Gasteiger partial charge on any atom is 0.241 e. The van der Waals surface area contributed by atoms with Gasteiger partial charge in [-0.15, -0.1) is 0 Å². The molecule has 0 aromatic rings. The molecule has 0 radical (unpaired) electrons. The van der Waals surface area contributed by atoms with Gasteiger partial charge in [0.15, 0.2) is 0 Å². The molecule has 3 heteroatoms. The lowest BCUT2D eigenvalue weighted by molar-refractivity contribution is -0.131. The molecule has 2 unspecified atom stereocenters. The van der Waals surface area contributed by atoms with Crippen molar-refractivity contribution in [2.45, 2.75) is 77.9 Å². The molecular formula is C16H30N2O. The molecule has 1 heterocycles. The Bertz CT molecular complexity index is 297. The molecule has 1 aliphatic heterocycles. The van der Waals surface area contributed by atoms with Crippen LogP contribution in [-0.2, 0) is 4.79 Å². The number of rotatable bonds is 5. The van der Waals surface area contributed by atoms with E-state index in [1.54, 1.807) is 0 Å². The summed E-state index contributed by atoms with van der Waals surface area (Å²) in [7, 11) is 0. The van der Waals surface area contributed by atoms with Crippen LogP contribution in [-0.4, -0.2) is 29.6 Å². The van der Waals surface area contributed by atoms with Crippen molar-refractivity contribution in [1.29, 1.82) is 0 Å². The highest BCUT2D eigenvalue weighted by atomic mass is 16.2. The average Bonchev–Trinajstić information content (AvgIpc) is 2.74. The van der Waals surface area contributed by atoms with Crippen LogP contribution in [0.4, 0.5) is 0 Å². The van der Waals surface area contributed by atoms with Crippen LogP contribution >= 0.6 is 0 Å². The molecule has 2 fully saturated rings. The SMILES string of the molecule is CCC1NC(C(C)C)C(=O)N1CCC1CCCCC1. The molecule has 2 atom stereocenters. The Morgan fingerprint density at radius 1 is 1.26 bits per heavy atom. The summed E-state index contributed by atoms with van der Waals surface area (Å²) in [5.74, 6) is 1.58. The van der Waals surface area contributed by atoms with Gasteiger partial charge >= 0.3 is 0 Å².